The Kier molecular flexibility index (Phi) is 5.59. The number of rotatable bonds is 5. The molecule has 0 aliphatic carbocycles. The molecule has 0 saturated heterocycles. The van der Waals surface area contributed by atoms with Crippen LogP contribution in [0.5, 0.6) is 0 Å². The van der Waals surface area contributed by atoms with E-state index in [4.69, 9.17) is 0 Å². The molecule has 0 aromatic carbocycles. The third-order valence-electron chi connectivity index (χ3n) is 2.11. The Morgan fingerprint density at radius 3 is 2.74 bits per heavy atom. The molecule has 1 N–H and O–H groups in total. The Hall–Kier alpha value is -2.31. The van der Waals surface area contributed by atoms with Gasteiger partial charge >= 0.3 is 5.97 Å². The van der Waals surface area contributed by atoms with Gasteiger partial charge in [-0.3, -0.25) is 9.78 Å². The summed E-state index contributed by atoms with van der Waals surface area (Å²) in [5.41, 5.74) is -0.224. The maximum atomic E-state index is 12.2. The highest BCUT2D eigenvalue weighted by molar-refractivity contribution is 5.94. The monoisotopic (exact) mass is 270 g/mol. The van der Waals surface area contributed by atoms with Crippen molar-refractivity contribution in [3.63, 3.8) is 0 Å². The van der Waals surface area contributed by atoms with Crippen LogP contribution in [0, 0.1) is 0 Å². The first-order valence-corrected chi connectivity index (χ1v) is 5.31. The van der Waals surface area contributed by atoms with Crippen LogP contribution in [-0.2, 0) is 9.53 Å². The van der Waals surface area contributed by atoms with Gasteiger partial charge in [0.25, 0.3) is 12.3 Å². The number of amides is 1. The minimum Gasteiger partial charge on any atom is -0.466 e. The number of pyridine rings is 1. The van der Waals surface area contributed by atoms with Gasteiger partial charge in [0.15, 0.2) is 0 Å². The number of halogens is 2. The third-order valence-corrected chi connectivity index (χ3v) is 2.11. The molecule has 102 valence electrons. The minimum absolute atomic E-state index is 0.116. The first-order valence-electron chi connectivity index (χ1n) is 5.31. The van der Waals surface area contributed by atoms with Crippen LogP contribution in [0.4, 0.5) is 8.78 Å². The summed E-state index contributed by atoms with van der Waals surface area (Å²) in [7, 11) is 1.24. The largest absolute Gasteiger partial charge is 0.466 e. The average Bonchev–Trinajstić information content (AvgIpc) is 2.43. The lowest BCUT2D eigenvalue weighted by atomic mass is 10.2. The van der Waals surface area contributed by atoms with E-state index >= 15 is 0 Å². The van der Waals surface area contributed by atoms with Crippen LogP contribution in [0.1, 0.15) is 22.5 Å². The number of carbonyl (C=O) groups excluding carboxylic acids is 2. The summed E-state index contributed by atoms with van der Waals surface area (Å²) >= 11 is 0. The zero-order valence-electron chi connectivity index (χ0n) is 10.1. The van der Waals surface area contributed by atoms with Gasteiger partial charge in [-0.05, 0) is 12.1 Å². The van der Waals surface area contributed by atoms with E-state index in [9.17, 15) is 18.4 Å². The van der Waals surface area contributed by atoms with Gasteiger partial charge in [0, 0.05) is 18.8 Å². The Morgan fingerprint density at radius 2 is 2.21 bits per heavy atom. The number of hydrogen-bond acceptors (Lipinski definition) is 4. The van der Waals surface area contributed by atoms with Crippen LogP contribution in [0.25, 0.3) is 0 Å². The fourth-order valence-electron chi connectivity index (χ4n) is 1.15. The molecule has 0 bridgehead atoms. The molecule has 0 atom stereocenters. The average molecular weight is 270 g/mol. The molecule has 0 radical (unpaired) electrons. The summed E-state index contributed by atoms with van der Waals surface area (Å²) in [4.78, 5) is 25.7. The fourth-order valence-corrected chi connectivity index (χ4v) is 1.15. The van der Waals surface area contributed by atoms with Crippen LogP contribution in [-0.4, -0.2) is 30.5 Å². The zero-order valence-corrected chi connectivity index (χ0v) is 10.1. The van der Waals surface area contributed by atoms with Gasteiger partial charge in [-0.2, -0.15) is 0 Å². The van der Waals surface area contributed by atoms with Crippen molar-refractivity contribution in [2.75, 3.05) is 13.7 Å². The predicted molar refractivity (Wildman–Crippen MR) is 62.7 cm³/mol. The van der Waals surface area contributed by atoms with Crippen LogP contribution < -0.4 is 5.32 Å². The van der Waals surface area contributed by atoms with Gasteiger partial charge in [0.2, 0.25) is 0 Å². The van der Waals surface area contributed by atoms with Crippen molar-refractivity contribution in [1.29, 1.82) is 0 Å². The van der Waals surface area contributed by atoms with Gasteiger partial charge < -0.3 is 10.1 Å². The highest BCUT2D eigenvalue weighted by atomic mass is 19.3. The van der Waals surface area contributed by atoms with Crippen molar-refractivity contribution in [1.82, 2.24) is 10.3 Å². The summed E-state index contributed by atoms with van der Waals surface area (Å²) in [6.45, 7) is 0.116. The molecule has 5 nitrogen and oxygen atoms in total. The number of nitrogens with one attached hydrogen (secondary N) is 1. The van der Waals surface area contributed by atoms with Gasteiger partial charge in [0.1, 0.15) is 5.69 Å². The zero-order chi connectivity index (χ0) is 14.3. The molecule has 0 aliphatic heterocycles. The molecule has 0 unspecified atom stereocenters. The van der Waals surface area contributed by atoms with Crippen LogP contribution >= 0.6 is 0 Å². The maximum absolute atomic E-state index is 12.2. The molecule has 1 heterocycles. The number of aromatic nitrogens is 1. The second-order valence-corrected chi connectivity index (χ2v) is 3.41. The van der Waals surface area contributed by atoms with Crippen LogP contribution in [0.3, 0.4) is 0 Å². The molecular formula is C12H12F2N2O3. The number of nitrogens with zero attached hydrogens (tertiary/aromatic N) is 1. The number of methoxy groups -OCH3 is 1. The summed E-state index contributed by atoms with van der Waals surface area (Å²) in [5.74, 6) is -1.000. The smallest absolute Gasteiger partial charge is 0.330 e. The van der Waals surface area contributed by atoms with E-state index in [0.717, 1.165) is 12.3 Å². The van der Waals surface area contributed by atoms with Crippen molar-refractivity contribution >= 4 is 11.9 Å². The van der Waals surface area contributed by atoms with Crippen molar-refractivity contribution < 1.29 is 23.1 Å². The lowest BCUT2D eigenvalue weighted by Crippen LogP contribution is -2.23. The summed E-state index contributed by atoms with van der Waals surface area (Å²) in [6.07, 6.45) is 0.976. The molecule has 1 amide bonds. The Labute approximate surface area is 108 Å². The quantitative estimate of drug-likeness (QED) is 0.650. The molecule has 0 spiro atoms. The van der Waals surface area contributed by atoms with E-state index in [-0.39, 0.29) is 17.8 Å². The lowest BCUT2D eigenvalue weighted by Gasteiger charge is -2.03. The standard InChI is InChI=1S/C12H12F2N2O3/c1-19-10(17)3-2-6-15-12(18)8-4-5-9(11(13)14)16-7-8/h2-5,7,11H,6H2,1H3,(H,15,18)/b3-2+. The van der Waals surface area contributed by atoms with E-state index in [1.807, 2.05) is 0 Å². The van der Waals surface area contributed by atoms with E-state index in [0.29, 0.717) is 0 Å². The summed E-state index contributed by atoms with van der Waals surface area (Å²) in [6, 6.07) is 2.34. The van der Waals surface area contributed by atoms with Crippen LogP contribution in [0.15, 0.2) is 30.5 Å². The number of alkyl halides is 2. The summed E-state index contributed by atoms with van der Waals surface area (Å²) in [5, 5.41) is 2.47. The first-order chi connectivity index (χ1) is 9.04. The normalized spacial score (nSPS) is 10.7. The van der Waals surface area contributed by atoms with Crippen molar-refractivity contribution in [2.45, 2.75) is 6.43 Å². The number of carbonyl (C=O) groups is 2. The van der Waals surface area contributed by atoms with E-state index < -0.39 is 18.3 Å². The molecule has 1 rings (SSSR count). The molecule has 0 saturated carbocycles. The second kappa shape index (κ2) is 7.20. The number of ether oxygens (including phenoxy) is 1. The Bertz CT molecular complexity index is 472. The Morgan fingerprint density at radius 1 is 1.47 bits per heavy atom. The van der Waals surface area contributed by atoms with Crippen molar-refractivity contribution in [3.8, 4) is 0 Å². The van der Waals surface area contributed by atoms with Gasteiger partial charge in [-0.25, -0.2) is 13.6 Å². The molecule has 1 aromatic heterocycles. The molecule has 1 aromatic rings. The van der Waals surface area contributed by atoms with Crippen molar-refractivity contribution in [2.24, 2.45) is 0 Å². The third kappa shape index (κ3) is 4.82. The van der Waals surface area contributed by atoms with Gasteiger partial charge in [-0.15, -0.1) is 0 Å². The fraction of sp³-hybridized carbons (Fsp3) is 0.250. The van der Waals surface area contributed by atoms with Gasteiger partial charge in [0.05, 0.1) is 12.7 Å². The van der Waals surface area contributed by atoms with Crippen molar-refractivity contribution in [3.05, 3.63) is 41.7 Å². The highest BCUT2D eigenvalue weighted by Gasteiger charge is 2.10. The number of hydrogen-bond donors (Lipinski definition) is 1. The highest BCUT2D eigenvalue weighted by Crippen LogP contribution is 2.15. The predicted octanol–water partition coefficient (Wildman–Crippen LogP) is 1.48. The topological polar surface area (TPSA) is 68.3 Å². The maximum Gasteiger partial charge on any atom is 0.330 e. The first kappa shape index (κ1) is 14.7. The molecule has 7 heteroatoms. The molecule has 0 aliphatic rings. The number of esters is 1. The van der Waals surface area contributed by atoms with E-state index in [1.165, 1.54) is 25.3 Å². The lowest BCUT2D eigenvalue weighted by molar-refractivity contribution is -0.134. The second-order valence-electron chi connectivity index (χ2n) is 3.41. The molecule has 19 heavy (non-hydrogen) atoms. The Balaban J connectivity index is 2.50. The van der Waals surface area contributed by atoms with Crippen LogP contribution in [0.2, 0.25) is 0 Å². The minimum atomic E-state index is -2.67. The van der Waals surface area contributed by atoms with E-state index in [1.54, 1.807) is 0 Å². The SMILES string of the molecule is COC(=O)/C=C/CNC(=O)c1ccc(C(F)F)nc1. The summed E-state index contributed by atoms with van der Waals surface area (Å²) < 4.78 is 28.8. The molecular weight excluding hydrogens is 258 g/mol. The van der Waals surface area contributed by atoms with E-state index in [2.05, 4.69) is 15.0 Å². The molecule has 0 fully saturated rings. The van der Waals surface area contributed by atoms with Gasteiger partial charge in [-0.1, -0.05) is 6.08 Å².